The first-order valence-corrected chi connectivity index (χ1v) is 18.7. The summed E-state index contributed by atoms with van der Waals surface area (Å²) >= 11 is 1.69. The molecule has 5 aromatic rings. The first-order valence-electron chi connectivity index (χ1n) is 17.9. The molecule has 0 amide bonds. The molecule has 1 aliphatic carbocycles. The van der Waals surface area contributed by atoms with Gasteiger partial charge in [-0.3, -0.25) is 9.80 Å². The maximum absolute atomic E-state index is 6.47. The molecule has 1 saturated heterocycles. The van der Waals surface area contributed by atoms with E-state index in [1.807, 2.05) is 72.8 Å². The summed E-state index contributed by atoms with van der Waals surface area (Å²) < 4.78 is 42.0. The summed E-state index contributed by atoms with van der Waals surface area (Å²) in [6.07, 6.45) is 5.19. The Bertz CT molecular complexity index is 2000. The van der Waals surface area contributed by atoms with Crippen LogP contribution in [0.15, 0.2) is 72.8 Å². The Morgan fingerprint density at radius 3 is 2.09 bits per heavy atom. The number of rotatable bonds is 15. The van der Waals surface area contributed by atoms with E-state index in [1.54, 1.807) is 46.9 Å². The van der Waals surface area contributed by atoms with Crippen molar-refractivity contribution in [1.82, 2.24) is 14.8 Å². The van der Waals surface area contributed by atoms with Crippen LogP contribution in [-0.2, 0) is 0 Å². The van der Waals surface area contributed by atoms with Crippen LogP contribution in [0.2, 0.25) is 0 Å². The van der Waals surface area contributed by atoms with Gasteiger partial charge in [0.15, 0.2) is 34.5 Å². The number of fused-ring (bicyclic) bond motifs is 1. The fourth-order valence-corrected chi connectivity index (χ4v) is 7.86. The van der Waals surface area contributed by atoms with Crippen LogP contribution in [0.25, 0.3) is 32.9 Å². The van der Waals surface area contributed by atoms with Crippen LogP contribution in [0.3, 0.4) is 0 Å². The van der Waals surface area contributed by atoms with E-state index in [0.29, 0.717) is 34.8 Å². The zero-order chi connectivity index (χ0) is 36.9. The summed E-state index contributed by atoms with van der Waals surface area (Å²) in [6.45, 7) is 6.89. The van der Waals surface area contributed by atoms with E-state index < -0.39 is 0 Å². The number of para-hydroxylation sites is 1. The summed E-state index contributed by atoms with van der Waals surface area (Å²) in [7, 11) is 8.19. The van der Waals surface area contributed by atoms with Gasteiger partial charge in [-0.1, -0.05) is 30.4 Å². The molecule has 0 bridgehead atoms. The molecule has 53 heavy (non-hydrogen) atoms. The Balaban J connectivity index is 0.906. The molecule has 10 nitrogen and oxygen atoms in total. The van der Waals surface area contributed by atoms with Gasteiger partial charge in [0.05, 0.1) is 51.8 Å². The molecule has 0 spiro atoms. The van der Waals surface area contributed by atoms with Crippen LogP contribution in [0.5, 0.6) is 40.2 Å². The predicted molar refractivity (Wildman–Crippen MR) is 211 cm³/mol. The van der Waals surface area contributed by atoms with Gasteiger partial charge in [0.1, 0.15) is 17.2 Å². The van der Waals surface area contributed by atoms with Crippen molar-refractivity contribution in [2.75, 3.05) is 68.3 Å². The lowest BCUT2D eigenvalue weighted by Crippen LogP contribution is -2.50. The fraction of sp³-hybridized carbons (Fsp3) is 0.357. The van der Waals surface area contributed by atoms with Gasteiger partial charge in [-0.15, -0.1) is 11.3 Å². The molecule has 1 saturated carbocycles. The zero-order valence-corrected chi connectivity index (χ0v) is 32.0. The average Bonchev–Trinajstić information content (AvgIpc) is 3.82. The highest BCUT2D eigenvalue weighted by Crippen LogP contribution is 2.41. The van der Waals surface area contributed by atoms with Crippen LogP contribution >= 0.6 is 11.3 Å². The van der Waals surface area contributed by atoms with Crippen molar-refractivity contribution in [2.45, 2.75) is 31.6 Å². The van der Waals surface area contributed by atoms with Gasteiger partial charge in [0, 0.05) is 44.7 Å². The molecule has 11 heteroatoms. The number of aromatic nitrogens is 1. The van der Waals surface area contributed by atoms with Crippen LogP contribution in [0, 0.1) is 0 Å². The fourth-order valence-electron chi connectivity index (χ4n) is 6.90. The van der Waals surface area contributed by atoms with Crippen molar-refractivity contribution in [1.29, 1.82) is 0 Å². The van der Waals surface area contributed by atoms with Crippen LogP contribution in [-0.4, -0.2) is 101 Å². The van der Waals surface area contributed by atoms with Crippen molar-refractivity contribution in [3.8, 4) is 50.8 Å². The summed E-state index contributed by atoms with van der Waals surface area (Å²) in [5, 5.41) is 0.979. The monoisotopic (exact) mass is 737 g/mol. The molecule has 2 fully saturated rings. The van der Waals surface area contributed by atoms with Gasteiger partial charge in [-0.2, -0.15) is 0 Å². The smallest absolute Gasteiger partial charge is 0.203 e. The Kier molecular flexibility index (Phi) is 11.2. The Labute approximate surface area is 315 Å². The van der Waals surface area contributed by atoms with Crippen molar-refractivity contribution >= 4 is 33.7 Å². The number of hydrogen-bond donors (Lipinski definition) is 0. The van der Waals surface area contributed by atoms with Gasteiger partial charge in [-0.25, -0.2) is 4.98 Å². The van der Waals surface area contributed by atoms with E-state index in [0.717, 1.165) is 77.9 Å². The van der Waals surface area contributed by atoms with Crippen molar-refractivity contribution in [3.63, 3.8) is 0 Å². The van der Waals surface area contributed by atoms with Crippen molar-refractivity contribution < 1.29 is 33.2 Å². The minimum Gasteiger partial charge on any atom is -0.493 e. The average molecular weight is 738 g/mol. The minimum atomic E-state index is -0.0278. The molecule has 2 unspecified atom stereocenters. The number of benzene rings is 4. The van der Waals surface area contributed by atoms with Crippen molar-refractivity contribution in [3.05, 3.63) is 83.9 Å². The molecule has 3 atom stereocenters. The largest absolute Gasteiger partial charge is 0.493 e. The summed E-state index contributed by atoms with van der Waals surface area (Å²) in [5.74, 6) is 4.71. The molecular weight excluding hydrogens is 691 g/mol. The summed E-state index contributed by atoms with van der Waals surface area (Å²) in [5.41, 5.74) is 3.95. The molecular formula is C42H47N3O7S. The number of ether oxygens (including phenoxy) is 7. The van der Waals surface area contributed by atoms with E-state index in [4.69, 9.17) is 38.1 Å². The third-order valence-corrected chi connectivity index (χ3v) is 10.8. The third kappa shape index (κ3) is 8.32. The lowest BCUT2D eigenvalue weighted by molar-refractivity contribution is 0.0788. The topological polar surface area (TPSA) is 84.0 Å². The predicted octanol–water partition coefficient (Wildman–Crippen LogP) is 7.78. The number of nitrogens with zero attached hydrogens (tertiary/aromatic N) is 3. The van der Waals surface area contributed by atoms with E-state index in [9.17, 15) is 0 Å². The SMILES string of the molecule is COc1ccc(/C=C\c2cc(OC)c(OC)c(OC)c2)cc1OC(C)CN1CCN(C2C[C@H]2Oc2ccc(-c3nc4ccccc4s3)cc2OC)CC1. The third-order valence-electron chi connectivity index (χ3n) is 9.74. The van der Waals surface area contributed by atoms with E-state index in [-0.39, 0.29) is 12.2 Å². The Morgan fingerprint density at radius 2 is 1.40 bits per heavy atom. The Morgan fingerprint density at radius 1 is 0.717 bits per heavy atom. The highest BCUT2D eigenvalue weighted by Gasteiger charge is 2.45. The number of thiazole rings is 1. The molecule has 1 aliphatic heterocycles. The maximum Gasteiger partial charge on any atom is 0.203 e. The van der Waals surface area contributed by atoms with E-state index in [2.05, 4.69) is 28.9 Å². The molecule has 7 rings (SSSR count). The normalized spacial score (nSPS) is 18.2. The molecule has 1 aromatic heterocycles. The molecule has 0 radical (unpaired) electrons. The molecule has 0 N–H and O–H groups in total. The van der Waals surface area contributed by atoms with Gasteiger partial charge in [0.25, 0.3) is 0 Å². The Hall–Kier alpha value is -4.97. The second-order valence-corrected chi connectivity index (χ2v) is 14.3. The highest BCUT2D eigenvalue weighted by atomic mass is 32.1. The molecule has 2 heterocycles. The van der Waals surface area contributed by atoms with Crippen LogP contribution in [0.4, 0.5) is 0 Å². The number of piperazine rings is 1. The van der Waals surface area contributed by atoms with Crippen LogP contribution < -0.4 is 33.2 Å². The molecule has 2 aliphatic rings. The number of methoxy groups -OCH3 is 5. The van der Waals surface area contributed by atoms with E-state index in [1.165, 1.54) is 4.70 Å². The van der Waals surface area contributed by atoms with Gasteiger partial charge in [-0.05, 0) is 72.6 Å². The van der Waals surface area contributed by atoms with Gasteiger partial charge in [0.2, 0.25) is 5.75 Å². The highest BCUT2D eigenvalue weighted by molar-refractivity contribution is 7.21. The van der Waals surface area contributed by atoms with Gasteiger partial charge >= 0.3 is 0 Å². The first kappa shape index (κ1) is 36.4. The summed E-state index contributed by atoms with van der Waals surface area (Å²) in [4.78, 5) is 9.84. The van der Waals surface area contributed by atoms with Gasteiger partial charge < -0.3 is 33.2 Å². The molecule has 278 valence electrons. The number of hydrogen-bond acceptors (Lipinski definition) is 11. The first-order chi connectivity index (χ1) is 25.9. The maximum atomic E-state index is 6.47. The second kappa shape index (κ2) is 16.4. The zero-order valence-electron chi connectivity index (χ0n) is 31.2. The lowest BCUT2D eigenvalue weighted by Gasteiger charge is -2.36. The molecule has 4 aromatic carbocycles. The quantitative estimate of drug-likeness (QED) is 0.0994. The second-order valence-electron chi connectivity index (χ2n) is 13.3. The summed E-state index contributed by atoms with van der Waals surface area (Å²) in [6, 6.07) is 24.6. The van der Waals surface area contributed by atoms with E-state index >= 15 is 0 Å². The van der Waals surface area contributed by atoms with Crippen LogP contribution in [0.1, 0.15) is 24.5 Å². The minimum absolute atomic E-state index is 0.0278. The lowest BCUT2D eigenvalue weighted by atomic mass is 10.1. The standard InChI is InChI=1S/C42H47N3O7S/c1-27(51-37-21-28(13-15-33(37)46-2)11-12-29-22-38(48-4)41(50-6)39(23-29)49-5)26-44-17-19-45(20-18-44)32-25-35(32)52-34-16-14-30(24-36(34)47-3)42-43-31-9-7-8-10-40(31)53-42/h7-16,21-24,27,32,35H,17-20,25-26H2,1-6H3/b12-11-/t27?,32?,35-/m1/s1. The van der Waals surface area contributed by atoms with Crippen molar-refractivity contribution in [2.24, 2.45) is 0 Å².